The molecule has 4 heteroatoms. The molecule has 0 aliphatic carbocycles. The van der Waals surface area contributed by atoms with E-state index in [2.05, 4.69) is 29.3 Å². The third-order valence-electron chi connectivity index (χ3n) is 3.68. The van der Waals surface area contributed by atoms with E-state index >= 15 is 0 Å². The fourth-order valence-corrected chi connectivity index (χ4v) is 2.30. The van der Waals surface area contributed by atoms with Gasteiger partial charge in [0.15, 0.2) is 0 Å². The van der Waals surface area contributed by atoms with E-state index in [0.29, 0.717) is 5.56 Å². The van der Waals surface area contributed by atoms with E-state index in [-0.39, 0.29) is 5.75 Å². The second-order valence-corrected chi connectivity index (χ2v) is 5.10. The van der Waals surface area contributed by atoms with Crippen LogP contribution in [0.15, 0.2) is 47.6 Å². The van der Waals surface area contributed by atoms with Crippen molar-refractivity contribution < 1.29 is 5.11 Å². The first kappa shape index (κ1) is 15.9. The zero-order valence-corrected chi connectivity index (χ0v) is 13.4. The minimum absolute atomic E-state index is 0.236. The Morgan fingerprint density at radius 2 is 1.86 bits per heavy atom. The van der Waals surface area contributed by atoms with Crippen molar-refractivity contribution in [2.24, 2.45) is 5.10 Å². The minimum atomic E-state index is 0.236. The summed E-state index contributed by atoms with van der Waals surface area (Å²) >= 11 is 0. The third-order valence-corrected chi connectivity index (χ3v) is 3.68. The van der Waals surface area contributed by atoms with Gasteiger partial charge in [-0.2, -0.15) is 5.10 Å². The van der Waals surface area contributed by atoms with Crippen LogP contribution in [0.4, 0.5) is 11.4 Å². The van der Waals surface area contributed by atoms with Crippen molar-refractivity contribution in [2.75, 3.05) is 23.4 Å². The molecular weight excluding hydrogens is 274 g/mol. The molecule has 0 saturated carbocycles. The predicted molar refractivity (Wildman–Crippen MR) is 94.1 cm³/mol. The summed E-state index contributed by atoms with van der Waals surface area (Å²) in [6.07, 6.45) is 1.63. The number of nitrogens with one attached hydrogen (secondary N) is 1. The molecule has 0 fully saturated rings. The number of anilines is 2. The number of hydrogen-bond acceptors (Lipinski definition) is 4. The van der Waals surface area contributed by atoms with Gasteiger partial charge < -0.3 is 10.0 Å². The van der Waals surface area contributed by atoms with Gasteiger partial charge >= 0.3 is 0 Å². The normalized spacial score (nSPS) is 10.9. The molecule has 0 spiro atoms. The molecule has 0 atom stereocenters. The van der Waals surface area contributed by atoms with Gasteiger partial charge in [-0.3, -0.25) is 5.43 Å². The minimum Gasteiger partial charge on any atom is -0.507 e. The number of aromatic hydroxyl groups is 1. The van der Waals surface area contributed by atoms with Gasteiger partial charge in [0.2, 0.25) is 0 Å². The number of para-hydroxylation sites is 1. The Kier molecular flexibility index (Phi) is 5.42. The molecular formula is C18H23N3O. The molecule has 0 amide bonds. The van der Waals surface area contributed by atoms with Crippen molar-refractivity contribution in [3.05, 3.63) is 53.6 Å². The highest BCUT2D eigenvalue weighted by molar-refractivity contribution is 5.85. The van der Waals surface area contributed by atoms with Crippen LogP contribution < -0.4 is 10.3 Å². The molecule has 0 unspecified atom stereocenters. The Bertz CT molecular complexity index is 649. The third kappa shape index (κ3) is 3.79. The van der Waals surface area contributed by atoms with Gasteiger partial charge in [-0.25, -0.2) is 0 Å². The highest BCUT2D eigenvalue weighted by Gasteiger charge is 2.05. The predicted octanol–water partition coefficient (Wildman–Crippen LogP) is 3.99. The zero-order valence-electron chi connectivity index (χ0n) is 13.4. The smallest absolute Gasteiger partial charge is 0.126 e. The first-order valence-corrected chi connectivity index (χ1v) is 7.58. The maximum Gasteiger partial charge on any atom is 0.126 e. The van der Waals surface area contributed by atoms with Crippen LogP contribution in [0, 0.1) is 6.92 Å². The standard InChI is InChI=1S/C18H23N3O/c1-4-21(5-2)16-11-10-15(18(22)12-16)13-19-20-17-9-7-6-8-14(17)3/h6-13,20,22H,4-5H2,1-3H3/b19-13+. The lowest BCUT2D eigenvalue weighted by molar-refractivity contribution is 0.474. The second-order valence-electron chi connectivity index (χ2n) is 5.10. The van der Waals surface area contributed by atoms with Crippen molar-refractivity contribution in [3.63, 3.8) is 0 Å². The maximum atomic E-state index is 10.1. The number of benzene rings is 2. The van der Waals surface area contributed by atoms with Crippen LogP contribution in [0.3, 0.4) is 0 Å². The van der Waals surface area contributed by atoms with E-state index in [4.69, 9.17) is 0 Å². The molecule has 22 heavy (non-hydrogen) atoms. The van der Waals surface area contributed by atoms with E-state index in [1.54, 1.807) is 12.3 Å². The van der Waals surface area contributed by atoms with E-state index in [0.717, 1.165) is 30.0 Å². The Balaban J connectivity index is 2.10. The molecule has 2 aromatic carbocycles. The van der Waals surface area contributed by atoms with Crippen molar-refractivity contribution >= 4 is 17.6 Å². The summed E-state index contributed by atoms with van der Waals surface area (Å²) in [6.45, 7) is 8.05. The quantitative estimate of drug-likeness (QED) is 0.626. The first-order valence-electron chi connectivity index (χ1n) is 7.58. The molecule has 0 aliphatic heterocycles. The molecule has 0 aromatic heterocycles. The second kappa shape index (κ2) is 7.50. The highest BCUT2D eigenvalue weighted by Crippen LogP contribution is 2.23. The lowest BCUT2D eigenvalue weighted by atomic mass is 10.2. The van der Waals surface area contributed by atoms with E-state index in [1.165, 1.54) is 0 Å². The fourth-order valence-electron chi connectivity index (χ4n) is 2.30. The summed E-state index contributed by atoms with van der Waals surface area (Å²) in [7, 11) is 0. The van der Waals surface area contributed by atoms with Crippen molar-refractivity contribution in [1.29, 1.82) is 0 Å². The maximum absolute atomic E-state index is 10.1. The van der Waals surface area contributed by atoms with Crippen LogP contribution >= 0.6 is 0 Å². The Hall–Kier alpha value is -2.49. The van der Waals surface area contributed by atoms with Crippen LogP contribution in [0.1, 0.15) is 25.0 Å². The van der Waals surface area contributed by atoms with E-state index in [1.807, 2.05) is 43.3 Å². The monoisotopic (exact) mass is 297 g/mol. The lowest BCUT2D eigenvalue weighted by Gasteiger charge is -2.21. The van der Waals surface area contributed by atoms with Gasteiger partial charge in [-0.1, -0.05) is 18.2 Å². The van der Waals surface area contributed by atoms with Gasteiger partial charge in [0.25, 0.3) is 0 Å². The summed E-state index contributed by atoms with van der Waals surface area (Å²) in [6, 6.07) is 13.6. The van der Waals surface area contributed by atoms with Gasteiger partial charge in [-0.05, 0) is 44.5 Å². The lowest BCUT2D eigenvalue weighted by Crippen LogP contribution is -2.21. The number of hydrazone groups is 1. The van der Waals surface area contributed by atoms with Gasteiger partial charge in [-0.15, -0.1) is 0 Å². The first-order chi connectivity index (χ1) is 10.7. The SMILES string of the molecule is CCN(CC)c1ccc(/C=N/Nc2ccccc2C)c(O)c1. The number of rotatable bonds is 6. The van der Waals surface area contributed by atoms with Crippen LogP contribution in [0.25, 0.3) is 0 Å². The summed E-state index contributed by atoms with van der Waals surface area (Å²) in [5, 5.41) is 14.3. The largest absolute Gasteiger partial charge is 0.507 e. The molecule has 0 bridgehead atoms. The average Bonchev–Trinajstić information content (AvgIpc) is 2.52. The molecule has 0 radical (unpaired) electrons. The van der Waals surface area contributed by atoms with Crippen LogP contribution in [0.2, 0.25) is 0 Å². The van der Waals surface area contributed by atoms with Gasteiger partial charge in [0.1, 0.15) is 5.75 Å². The summed E-state index contributed by atoms with van der Waals surface area (Å²) in [4.78, 5) is 2.19. The average molecular weight is 297 g/mol. The summed E-state index contributed by atoms with van der Waals surface area (Å²) in [5.74, 6) is 0.236. The Labute approximate surface area is 132 Å². The molecule has 2 rings (SSSR count). The Morgan fingerprint density at radius 1 is 1.14 bits per heavy atom. The molecule has 4 nitrogen and oxygen atoms in total. The number of nitrogens with zero attached hydrogens (tertiary/aromatic N) is 2. The van der Waals surface area contributed by atoms with Crippen molar-refractivity contribution in [1.82, 2.24) is 0 Å². The van der Waals surface area contributed by atoms with Crippen LogP contribution in [-0.2, 0) is 0 Å². The summed E-state index contributed by atoms with van der Waals surface area (Å²) < 4.78 is 0. The van der Waals surface area contributed by atoms with E-state index in [9.17, 15) is 5.11 Å². The molecule has 2 aromatic rings. The number of aryl methyl sites for hydroxylation is 1. The number of hydrogen-bond donors (Lipinski definition) is 2. The van der Waals surface area contributed by atoms with Crippen molar-refractivity contribution in [3.8, 4) is 5.75 Å². The molecule has 116 valence electrons. The van der Waals surface area contributed by atoms with Crippen LogP contribution in [-0.4, -0.2) is 24.4 Å². The van der Waals surface area contributed by atoms with Gasteiger partial charge in [0.05, 0.1) is 11.9 Å². The fraction of sp³-hybridized carbons (Fsp3) is 0.278. The molecule has 0 heterocycles. The van der Waals surface area contributed by atoms with Crippen molar-refractivity contribution in [2.45, 2.75) is 20.8 Å². The topological polar surface area (TPSA) is 47.9 Å². The zero-order chi connectivity index (χ0) is 15.9. The van der Waals surface area contributed by atoms with Crippen LogP contribution in [0.5, 0.6) is 5.75 Å². The highest BCUT2D eigenvalue weighted by atomic mass is 16.3. The summed E-state index contributed by atoms with van der Waals surface area (Å²) in [5.41, 5.74) is 6.79. The Morgan fingerprint density at radius 3 is 2.50 bits per heavy atom. The molecule has 0 saturated heterocycles. The van der Waals surface area contributed by atoms with Gasteiger partial charge in [0, 0.05) is 30.4 Å². The van der Waals surface area contributed by atoms with E-state index < -0.39 is 0 Å². The number of phenolic OH excluding ortho intramolecular Hbond substituents is 1. The molecule has 0 aliphatic rings. The number of phenols is 1. The molecule has 2 N–H and O–H groups in total.